The van der Waals surface area contributed by atoms with Gasteiger partial charge < -0.3 is 10.4 Å². The van der Waals surface area contributed by atoms with E-state index in [0.29, 0.717) is 17.6 Å². The van der Waals surface area contributed by atoms with E-state index in [-0.39, 0.29) is 17.5 Å². The van der Waals surface area contributed by atoms with E-state index in [2.05, 4.69) is 38.3 Å². The Kier molecular flexibility index (Phi) is 7.17. The molecule has 0 bridgehead atoms. The van der Waals surface area contributed by atoms with E-state index in [4.69, 9.17) is 0 Å². The first-order valence-electron chi connectivity index (χ1n) is 12.0. The smallest absolute Gasteiger partial charge is 0.243 e. The number of nitrogens with zero attached hydrogens (tertiary/aromatic N) is 1. The molecule has 0 spiro atoms. The highest BCUT2D eigenvalue weighted by Gasteiger charge is 2.42. The Morgan fingerprint density at radius 2 is 1.77 bits per heavy atom. The molecule has 1 unspecified atom stereocenters. The number of nitrogens with one attached hydrogen (secondary N) is 1. The molecule has 4 nitrogen and oxygen atoms in total. The van der Waals surface area contributed by atoms with Crippen molar-refractivity contribution in [1.29, 1.82) is 0 Å². The first-order valence-corrected chi connectivity index (χ1v) is 12.0. The minimum absolute atomic E-state index is 0.0814. The van der Waals surface area contributed by atoms with Crippen molar-refractivity contribution in [1.82, 2.24) is 9.80 Å². The quantitative estimate of drug-likeness (QED) is 0.224. The SMILES string of the molecule is CCCCNC(=O)/C=C/c1ccc(C[N+]2(C)C(c3ccc(F)cc3)=C(C)c3cc(O)ccc32)cc1. The topological polar surface area (TPSA) is 49.3 Å². The standard InChI is InChI=1S/C30H31FN2O2/c1-4-5-18-32-29(35)17-10-22-6-8-23(9-7-22)20-33(3)28-16-15-26(34)19-27(28)21(2)30(33)24-11-13-25(31)14-12-24/h6-17,19H,4-5,18,20H2,1-3H3,(H-,32,34,35)/p+1/b17-10+. The van der Waals surface area contributed by atoms with Crippen molar-refractivity contribution >= 4 is 28.9 Å². The molecule has 1 atom stereocenters. The highest BCUT2D eigenvalue weighted by molar-refractivity contribution is 6.02. The number of hydrogen-bond donors (Lipinski definition) is 2. The summed E-state index contributed by atoms with van der Waals surface area (Å²) in [6, 6.07) is 20.3. The van der Waals surface area contributed by atoms with Gasteiger partial charge in [-0.3, -0.25) is 9.28 Å². The molecule has 2 N–H and O–H groups in total. The van der Waals surface area contributed by atoms with Crippen LogP contribution in [0.25, 0.3) is 17.3 Å². The number of aromatic hydroxyl groups is 1. The van der Waals surface area contributed by atoms with Crippen LogP contribution in [-0.2, 0) is 11.3 Å². The number of halogens is 1. The Labute approximate surface area is 206 Å². The molecule has 1 heterocycles. The molecular weight excluding hydrogens is 439 g/mol. The van der Waals surface area contributed by atoms with E-state index < -0.39 is 0 Å². The number of quaternary nitrogens is 1. The van der Waals surface area contributed by atoms with Crippen molar-refractivity contribution < 1.29 is 14.3 Å². The lowest BCUT2D eigenvalue weighted by Gasteiger charge is -2.33. The van der Waals surface area contributed by atoms with E-state index in [9.17, 15) is 14.3 Å². The van der Waals surface area contributed by atoms with Crippen molar-refractivity contribution in [3.63, 3.8) is 0 Å². The van der Waals surface area contributed by atoms with Crippen LogP contribution in [0, 0.1) is 5.82 Å². The number of benzene rings is 3. The van der Waals surface area contributed by atoms with E-state index in [1.807, 2.05) is 36.4 Å². The van der Waals surface area contributed by atoms with Gasteiger partial charge in [0.15, 0.2) is 0 Å². The molecule has 35 heavy (non-hydrogen) atoms. The molecule has 1 aliphatic heterocycles. The van der Waals surface area contributed by atoms with Crippen molar-refractivity contribution in [3.05, 3.63) is 101 Å². The summed E-state index contributed by atoms with van der Waals surface area (Å²) in [6.07, 6.45) is 5.41. The molecule has 1 aliphatic rings. The summed E-state index contributed by atoms with van der Waals surface area (Å²) in [5.74, 6) is -0.121. The van der Waals surface area contributed by atoms with E-state index in [1.165, 1.54) is 12.1 Å². The fraction of sp³-hybridized carbons (Fsp3) is 0.233. The first kappa shape index (κ1) is 24.4. The van der Waals surface area contributed by atoms with Gasteiger partial charge >= 0.3 is 0 Å². The summed E-state index contributed by atoms with van der Waals surface area (Å²) in [4.78, 5) is 11.9. The zero-order chi connectivity index (χ0) is 25.0. The van der Waals surface area contributed by atoms with Crippen LogP contribution in [0.4, 0.5) is 10.1 Å². The molecule has 0 fully saturated rings. The zero-order valence-corrected chi connectivity index (χ0v) is 20.5. The molecule has 0 aromatic heterocycles. The number of fused-ring (bicyclic) bond motifs is 1. The Morgan fingerprint density at radius 3 is 2.46 bits per heavy atom. The average Bonchev–Trinajstić information content (AvgIpc) is 3.05. The molecule has 4 rings (SSSR count). The summed E-state index contributed by atoms with van der Waals surface area (Å²) in [6.45, 7) is 5.53. The number of amides is 1. The highest BCUT2D eigenvalue weighted by Crippen LogP contribution is 2.50. The molecular formula is C30H32FN2O2+. The minimum Gasteiger partial charge on any atom is -0.508 e. The van der Waals surface area contributed by atoms with Gasteiger partial charge in [-0.25, -0.2) is 4.39 Å². The Balaban J connectivity index is 1.61. The summed E-state index contributed by atoms with van der Waals surface area (Å²) >= 11 is 0. The number of allylic oxidation sites excluding steroid dienone is 1. The second-order valence-electron chi connectivity index (χ2n) is 9.25. The van der Waals surface area contributed by atoms with Gasteiger partial charge in [-0.1, -0.05) is 37.6 Å². The van der Waals surface area contributed by atoms with Gasteiger partial charge in [-0.15, -0.1) is 0 Å². The Morgan fingerprint density at radius 1 is 1.06 bits per heavy atom. The maximum absolute atomic E-state index is 13.7. The van der Waals surface area contributed by atoms with E-state index in [1.54, 1.807) is 18.2 Å². The first-order chi connectivity index (χ1) is 16.8. The number of carbonyl (C=O) groups excluding carboxylic acids is 1. The summed E-state index contributed by atoms with van der Waals surface area (Å²) in [5.41, 5.74) is 7.28. The van der Waals surface area contributed by atoms with Gasteiger partial charge in [0.25, 0.3) is 0 Å². The zero-order valence-electron chi connectivity index (χ0n) is 20.5. The lowest BCUT2D eigenvalue weighted by atomic mass is 10.0. The van der Waals surface area contributed by atoms with Crippen LogP contribution in [0.5, 0.6) is 5.75 Å². The highest BCUT2D eigenvalue weighted by atomic mass is 19.1. The molecule has 0 aliphatic carbocycles. The number of hydrogen-bond acceptors (Lipinski definition) is 2. The predicted molar refractivity (Wildman–Crippen MR) is 142 cm³/mol. The number of phenolic OH excluding ortho intramolecular Hbond substituents is 1. The third-order valence-electron chi connectivity index (χ3n) is 6.62. The minimum atomic E-state index is -0.267. The molecule has 5 heteroatoms. The second-order valence-corrected chi connectivity index (χ2v) is 9.25. The molecule has 0 saturated carbocycles. The van der Waals surface area contributed by atoms with Crippen molar-refractivity contribution in [2.24, 2.45) is 0 Å². The van der Waals surface area contributed by atoms with Crippen LogP contribution < -0.4 is 9.80 Å². The Bertz CT molecular complexity index is 1280. The van der Waals surface area contributed by atoms with Crippen LogP contribution in [-0.4, -0.2) is 24.6 Å². The van der Waals surface area contributed by atoms with Gasteiger partial charge in [0.2, 0.25) is 5.91 Å². The molecule has 180 valence electrons. The normalized spacial score (nSPS) is 17.1. The maximum atomic E-state index is 13.7. The number of unbranched alkanes of at least 4 members (excludes halogenated alkanes) is 1. The molecule has 3 aromatic rings. The third kappa shape index (κ3) is 5.20. The van der Waals surface area contributed by atoms with Gasteiger partial charge in [-0.05, 0) is 61.4 Å². The summed E-state index contributed by atoms with van der Waals surface area (Å²) in [7, 11) is 2.15. The largest absolute Gasteiger partial charge is 0.508 e. The van der Waals surface area contributed by atoms with Gasteiger partial charge in [-0.2, -0.15) is 0 Å². The lowest BCUT2D eigenvalue weighted by Crippen LogP contribution is -2.40. The van der Waals surface area contributed by atoms with Gasteiger partial charge in [0.05, 0.1) is 7.05 Å². The van der Waals surface area contributed by atoms with Crippen molar-refractivity contribution in [2.45, 2.75) is 33.2 Å². The summed E-state index contributed by atoms with van der Waals surface area (Å²) < 4.78 is 14.2. The predicted octanol–water partition coefficient (Wildman–Crippen LogP) is 6.50. The van der Waals surface area contributed by atoms with Crippen LogP contribution >= 0.6 is 0 Å². The Hall–Kier alpha value is -3.70. The van der Waals surface area contributed by atoms with Crippen LogP contribution in [0.1, 0.15) is 48.9 Å². The molecule has 0 radical (unpaired) electrons. The number of carbonyl (C=O) groups is 1. The van der Waals surface area contributed by atoms with Gasteiger partial charge in [0, 0.05) is 41.0 Å². The van der Waals surface area contributed by atoms with Gasteiger partial charge in [0.1, 0.15) is 29.5 Å². The van der Waals surface area contributed by atoms with Crippen molar-refractivity contribution in [2.75, 3.05) is 13.6 Å². The summed E-state index contributed by atoms with van der Waals surface area (Å²) in [5, 5.41) is 13.0. The number of phenols is 1. The van der Waals surface area contributed by atoms with Crippen molar-refractivity contribution in [3.8, 4) is 5.75 Å². The fourth-order valence-electron chi connectivity index (χ4n) is 4.86. The van der Waals surface area contributed by atoms with E-state index in [0.717, 1.165) is 52.1 Å². The molecule has 0 saturated heterocycles. The monoisotopic (exact) mass is 471 g/mol. The molecule has 3 aromatic carbocycles. The van der Waals surface area contributed by atoms with Crippen LogP contribution in [0.2, 0.25) is 0 Å². The average molecular weight is 472 g/mol. The molecule has 1 amide bonds. The maximum Gasteiger partial charge on any atom is 0.243 e. The fourth-order valence-corrected chi connectivity index (χ4v) is 4.86. The van der Waals surface area contributed by atoms with Crippen LogP contribution in [0.15, 0.2) is 72.8 Å². The number of rotatable bonds is 8. The third-order valence-corrected chi connectivity index (χ3v) is 6.62. The van der Waals surface area contributed by atoms with Crippen LogP contribution in [0.3, 0.4) is 0 Å². The van der Waals surface area contributed by atoms with E-state index >= 15 is 0 Å². The second kappa shape index (κ2) is 10.3. The lowest BCUT2D eigenvalue weighted by molar-refractivity contribution is -0.116.